The van der Waals surface area contributed by atoms with Crippen molar-refractivity contribution in [1.82, 2.24) is 0 Å². The van der Waals surface area contributed by atoms with Crippen molar-refractivity contribution >= 4 is 5.69 Å². The Labute approximate surface area is 118 Å². The zero-order valence-corrected chi connectivity index (χ0v) is 11.7. The van der Waals surface area contributed by atoms with Crippen molar-refractivity contribution < 1.29 is 19.7 Å². The Morgan fingerprint density at radius 1 is 1.20 bits per heavy atom. The third-order valence-corrected chi connectivity index (χ3v) is 3.95. The molecule has 5 heteroatoms. The second kappa shape index (κ2) is 5.69. The number of aliphatic hydroxyl groups excluding tert-OH is 2. The Hall–Kier alpha value is -1.14. The molecule has 1 heterocycles. The minimum atomic E-state index is 0.0629. The van der Waals surface area contributed by atoms with Gasteiger partial charge >= 0.3 is 0 Å². The summed E-state index contributed by atoms with van der Waals surface area (Å²) < 4.78 is 11.2. The van der Waals surface area contributed by atoms with Crippen molar-refractivity contribution in [2.45, 2.75) is 25.7 Å². The molecule has 1 aromatic rings. The number of benzene rings is 1. The van der Waals surface area contributed by atoms with Gasteiger partial charge in [-0.15, -0.1) is 0 Å². The molecule has 2 unspecified atom stereocenters. The molecule has 1 aliphatic heterocycles. The fraction of sp³-hybridized carbons (Fsp3) is 0.600. The first-order chi connectivity index (χ1) is 9.76. The predicted octanol–water partition coefficient (Wildman–Crippen LogP) is 0.756. The number of rotatable bonds is 7. The Morgan fingerprint density at radius 2 is 1.95 bits per heavy atom. The lowest BCUT2D eigenvalue weighted by atomic mass is 9.81. The molecule has 2 atom stereocenters. The average molecular weight is 279 g/mol. The van der Waals surface area contributed by atoms with E-state index in [1.807, 2.05) is 0 Å². The van der Waals surface area contributed by atoms with Gasteiger partial charge in [0.05, 0.1) is 39.1 Å². The van der Waals surface area contributed by atoms with Crippen molar-refractivity contribution in [3.8, 4) is 0 Å². The van der Waals surface area contributed by atoms with Crippen LogP contribution in [0.1, 0.15) is 22.8 Å². The number of aliphatic hydroxyl groups is 2. The molecule has 3 rings (SSSR count). The van der Waals surface area contributed by atoms with Crippen LogP contribution in [-0.4, -0.2) is 49.4 Å². The fourth-order valence-electron chi connectivity index (χ4n) is 2.90. The van der Waals surface area contributed by atoms with Crippen LogP contribution in [-0.2, 0) is 15.9 Å². The van der Waals surface area contributed by atoms with Gasteiger partial charge in [0, 0.05) is 12.1 Å². The van der Waals surface area contributed by atoms with E-state index in [0.717, 1.165) is 13.0 Å². The average Bonchev–Trinajstić information content (AvgIpc) is 3.17. The summed E-state index contributed by atoms with van der Waals surface area (Å²) >= 11 is 0. The van der Waals surface area contributed by atoms with Gasteiger partial charge in [-0.3, -0.25) is 0 Å². The molecule has 110 valence electrons. The van der Waals surface area contributed by atoms with Crippen LogP contribution in [0.4, 0.5) is 5.69 Å². The SMILES string of the molecule is Cc1ccc(N2CC2OCCO)c2c1C(OCCO)C2. The fourth-order valence-corrected chi connectivity index (χ4v) is 2.90. The van der Waals surface area contributed by atoms with Gasteiger partial charge in [-0.2, -0.15) is 0 Å². The maximum atomic E-state index is 8.85. The summed E-state index contributed by atoms with van der Waals surface area (Å²) in [6.45, 7) is 3.88. The summed E-state index contributed by atoms with van der Waals surface area (Å²) in [4.78, 5) is 2.20. The third kappa shape index (κ3) is 2.42. The number of anilines is 1. The molecule has 0 radical (unpaired) electrons. The molecule has 0 aromatic heterocycles. The number of nitrogens with zero attached hydrogens (tertiary/aromatic N) is 1. The van der Waals surface area contributed by atoms with E-state index in [-0.39, 0.29) is 25.5 Å². The third-order valence-electron chi connectivity index (χ3n) is 3.95. The van der Waals surface area contributed by atoms with Gasteiger partial charge in [-0.05, 0) is 29.7 Å². The topological polar surface area (TPSA) is 61.9 Å². The molecule has 20 heavy (non-hydrogen) atoms. The lowest BCUT2D eigenvalue weighted by molar-refractivity contribution is 0.0146. The maximum Gasteiger partial charge on any atom is 0.148 e. The summed E-state index contributed by atoms with van der Waals surface area (Å²) in [6, 6.07) is 4.25. The van der Waals surface area contributed by atoms with Crippen LogP contribution in [0.15, 0.2) is 12.1 Å². The van der Waals surface area contributed by atoms with Crippen LogP contribution < -0.4 is 4.90 Å². The van der Waals surface area contributed by atoms with Crippen LogP contribution >= 0.6 is 0 Å². The van der Waals surface area contributed by atoms with Gasteiger partial charge in [0.25, 0.3) is 0 Å². The summed E-state index contributed by atoms with van der Waals surface area (Å²) in [5.74, 6) is 0. The monoisotopic (exact) mass is 279 g/mol. The van der Waals surface area contributed by atoms with E-state index in [2.05, 4.69) is 24.0 Å². The van der Waals surface area contributed by atoms with E-state index in [9.17, 15) is 0 Å². The second-order valence-corrected chi connectivity index (χ2v) is 5.28. The normalized spacial score (nSPS) is 23.4. The lowest BCUT2D eigenvalue weighted by Gasteiger charge is -2.34. The van der Waals surface area contributed by atoms with Gasteiger partial charge < -0.3 is 24.6 Å². The van der Waals surface area contributed by atoms with Crippen molar-refractivity contribution in [2.75, 3.05) is 37.9 Å². The van der Waals surface area contributed by atoms with Gasteiger partial charge in [-0.1, -0.05) is 6.07 Å². The van der Waals surface area contributed by atoms with E-state index in [4.69, 9.17) is 19.7 Å². The largest absolute Gasteiger partial charge is 0.394 e. The molecule has 1 aliphatic carbocycles. The highest BCUT2D eigenvalue weighted by molar-refractivity contribution is 5.66. The number of ether oxygens (including phenoxy) is 2. The molecule has 0 bridgehead atoms. The van der Waals surface area contributed by atoms with Crippen LogP contribution in [0.3, 0.4) is 0 Å². The molecule has 1 saturated heterocycles. The van der Waals surface area contributed by atoms with Crippen molar-refractivity contribution in [2.24, 2.45) is 0 Å². The lowest BCUT2D eigenvalue weighted by Crippen LogP contribution is -2.25. The first-order valence-electron chi connectivity index (χ1n) is 7.10. The highest BCUT2D eigenvalue weighted by Crippen LogP contribution is 2.46. The van der Waals surface area contributed by atoms with Gasteiger partial charge in [0.15, 0.2) is 0 Å². The zero-order chi connectivity index (χ0) is 14.1. The Balaban J connectivity index is 1.71. The van der Waals surface area contributed by atoms with Crippen LogP contribution in [0.25, 0.3) is 0 Å². The molecule has 0 spiro atoms. The van der Waals surface area contributed by atoms with Gasteiger partial charge in [-0.25, -0.2) is 0 Å². The number of hydrogen-bond donors (Lipinski definition) is 2. The van der Waals surface area contributed by atoms with E-state index >= 15 is 0 Å². The molecule has 0 amide bonds. The van der Waals surface area contributed by atoms with E-state index in [1.165, 1.54) is 22.4 Å². The maximum absolute atomic E-state index is 8.85. The molecule has 0 saturated carbocycles. The molecule has 1 aromatic carbocycles. The van der Waals surface area contributed by atoms with E-state index in [1.54, 1.807) is 0 Å². The Kier molecular flexibility index (Phi) is 3.94. The first kappa shape index (κ1) is 13.8. The number of aryl methyl sites for hydroxylation is 1. The molecule has 5 nitrogen and oxygen atoms in total. The summed E-state index contributed by atoms with van der Waals surface area (Å²) in [5, 5.41) is 17.6. The molecule has 2 N–H and O–H groups in total. The molecule has 2 aliphatic rings. The predicted molar refractivity (Wildman–Crippen MR) is 74.8 cm³/mol. The van der Waals surface area contributed by atoms with Crippen molar-refractivity contribution in [3.63, 3.8) is 0 Å². The van der Waals surface area contributed by atoms with Crippen LogP contribution in [0.5, 0.6) is 0 Å². The van der Waals surface area contributed by atoms with Crippen molar-refractivity contribution in [1.29, 1.82) is 0 Å². The summed E-state index contributed by atoms with van der Waals surface area (Å²) in [6.07, 6.45) is 1.12. The first-order valence-corrected chi connectivity index (χ1v) is 7.10. The molecule has 1 fully saturated rings. The quantitative estimate of drug-likeness (QED) is 0.721. The Bertz CT molecular complexity index is 491. The number of fused-ring (bicyclic) bond motifs is 1. The van der Waals surface area contributed by atoms with Gasteiger partial charge in [0.2, 0.25) is 0 Å². The highest BCUT2D eigenvalue weighted by atomic mass is 16.5. The van der Waals surface area contributed by atoms with Crippen molar-refractivity contribution in [3.05, 3.63) is 28.8 Å². The smallest absolute Gasteiger partial charge is 0.148 e. The number of hydrogen-bond acceptors (Lipinski definition) is 5. The van der Waals surface area contributed by atoms with Gasteiger partial charge in [0.1, 0.15) is 6.23 Å². The highest BCUT2D eigenvalue weighted by Gasteiger charge is 2.40. The van der Waals surface area contributed by atoms with Crippen LogP contribution in [0.2, 0.25) is 0 Å². The second-order valence-electron chi connectivity index (χ2n) is 5.28. The standard InChI is InChI=1S/C15H21NO4/c1-10-2-3-12(16-9-14(16)20-7-5-18)11-8-13(15(10)11)19-6-4-17/h2-3,13-14,17-18H,4-9H2,1H3. The van der Waals surface area contributed by atoms with E-state index < -0.39 is 0 Å². The molecular formula is C15H21NO4. The van der Waals surface area contributed by atoms with Crippen LogP contribution in [0, 0.1) is 6.92 Å². The zero-order valence-electron chi connectivity index (χ0n) is 11.7. The minimum absolute atomic E-state index is 0.0629. The van der Waals surface area contributed by atoms with E-state index in [0.29, 0.717) is 13.2 Å². The summed E-state index contributed by atoms with van der Waals surface area (Å²) in [7, 11) is 0. The summed E-state index contributed by atoms with van der Waals surface area (Å²) in [5.41, 5.74) is 5.07. The Morgan fingerprint density at radius 3 is 2.70 bits per heavy atom. The molecular weight excluding hydrogens is 258 g/mol. The minimum Gasteiger partial charge on any atom is -0.394 e.